The molecule has 2 N–H and O–H groups in total. The van der Waals surface area contributed by atoms with E-state index in [-0.39, 0.29) is 23.6 Å². The number of nitrogens with zero attached hydrogens (tertiary/aromatic N) is 2. The number of carbonyl (C=O) groups is 2. The van der Waals surface area contributed by atoms with E-state index in [0.29, 0.717) is 36.1 Å². The topological polar surface area (TPSA) is 112 Å². The van der Waals surface area contributed by atoms with Crippen LogP contribution in [0.25, 0.3) is 10.8 Å². The first-order chi connectivity index (χ1) is 15.0. The molecule has 0 atom stereocenters. The summed E-state index contributed by atoms with van der Waals surface area (Å²) in [6, 6.07) is 13.9. The average Bonchev–Trinajstić information content (AvgIpc) is 2.81. The predicted molar refractivity (Wildman–Crippen MR) is 115 cm³/mol. The molecule has 0 saturated carbocycles. The lowest BCUT2D eigenvalue weighted by atomic mass is 10.1. The van der Waals surface area contributed by atoms with E-state index < -0.39 is 5.91 Å². The van der Waals surface area contributed by atoms with E-state index >= 15 is 0 Å². The molecule has 0 aliphatic carbocycles. The maximum atomic E-state index is 12.6. The van der Waals surface area contributed by atoms with E-state index in [4.69, 9.17) is 9.47 Å². The van der Waals surface area contributed by atoms with Gasteiger partial charge in [-0.3, -0.25) is 25.2 Å². The van der Waals surface area contributed by atoms with Gasteiger partial charge in [0.25, 0.3) is 11.5 Å². The Bertz CT molecular complexity index is 1120. The number of nitrogens with one attached hydrogen (secondary N) is 2. The number of hydrogen-bond acceptors (Lipinski definition) is 6. The van der Waals surface area contributed by atoms with E-state index in [2.05, 4.69) is 16.0 Å². The minimum Gasteiger partial charge on any atom is -0.497 e. The van der Waals surface area contributed by atoms with Crippen LogP contribution in [0.5, 0.6) is 11.5 Å². The normalized spacial score (nSPS) is 10.5. The summed E-state index contributed by atoms with van der Waals surface area (Å²) in [5, 5.41) is 4.95. The smallest absolute Gasteiger partial charge is 0.290 e. The molecule has 31 heavy (non-hydrogen) atoms. The van der Waals surface area contributed by atoms with Gasteiger partial charge in [-0.15, -0.1) is 0 Å². The molecule has 1 heterocycles. The van der Waals surface area contributed by atoms with E-state index in [0.717, 1.165) is 5.75 Å². The molecule has 3 aromatic rings. The zero-order chi connectivity index (χ0) is 22.2. The lowest BCUT2D eigenvalue weighted by Gasteiger charge is -2.11. The molecule has 9 nitrogen and oxygen atoms in total. The summed E-state index contributed by atoms with van der Waals surface area (Å²) < 4.78 is 11.9. The Balaban J connectivity index is 1.52. The number of rotatable bonds is 8. The Hall–Kier alpha value is -3.88. The molecule has 0 bridgehead atoms. The first-order valence-electron chi connectivity index (χ1n) is 9.89. The summed E-state index contributed by atoms with van der Waals surface area (Å²) in [6.45, 7) is 2.44. The number of hydrazine groups is 1. The van der Waals surface area contributed by atoms with Crippen LogP contribution < -0.4 is 25.9 Å². The highest BCUT2D eigenvalue weighted by molar-refractivity contribution is 6.05. The Morgan fingerprint density at radius 1 is 1.00 bits per heavy atom. The Labute approximate surface area is 178 Å². The second-order valence-electron chi connectivity index (χ2n) is 6.64. The summed E-state index contributed by atoms with van der Waals surface area (Å²) in [6.07, 6.45) is 0.634. The van der Waals surface area contributed by atoms with Crippen LogP contribution in [-0.2, 0) is 11.3 Å². The Kier molecular flexibility index (Phi) is 7.21. The lowest BCUT2D eigenvalue weighted by Crippen LogP contribution is -2.42. The molecule has 1 aromatic heterocycles. The van der Waals surface area contributed by atoms with E-state index in [1.807, 2.05) is 0 Å². The third kappa shape index (κ3) is 5.39. The highest BCUT2D eigenvalue weighted by Crippen LogP contribution is 2.17. The number of methoxy groups -OCH3 is 1. The molecular formula is C22H24N4O5. The highest BCUT2D eigenvalue weighted by Gasteiger charge is 2.16. The molecule has 0 radical (unpaired) electrons. The fraction of sp³-hybridized carbons (Fsp3) is 0.273. The number of hydrogen-bond donors (Lipinski definition) is 2. The van der Waals surface area contributed by atoms with E-state index in [1.165, 1.54) is 4.68 Å². The first kappa shape index (κ1) is 21.8. The molecule has 0 fully saturated rings. The Morgan fingerprint density at radius 3 is 2.35 bits per heavy atom. The van der Waals surface area contributed by atoms with Gasteiger partial charge in [-0.25, -0.2) is 4.68 Å². The first-order valence-corrected chi connectivity index (χ1v) is 9.89. The number of carbonyl (C=O) groups excluding carboxylic acids is 2. The molecule has 3 rings (SSSR count). The molecule has 9 heteroatoms. The molecule has 0 saturated heterocycles. The maximum Gasteiger partial charge on any atom is 0.290 e. The minimum atomic E-state index is -0.596. The number of fused-ring (bicyclic) bond motifs is 1. The van der Waals surface area contributed by atoms with Crippen molar-refractivity contribution in [2.45, 2.75) is 26.3 Å². The molecule has 2 aromatic carbocycles. The summed E-state index contributed by atoms with van der Waals surface area (Å²) in [5.41, 5.74) is 4.54. The summed E-state index contributed by atoms with van der Waals surface area (Å²) in [7, 11) is 1.59. The van der Waals surface area contributed by atoms with Gasteiger partial charge in [0.05, 0.1) is 19.1 Å². The van der Waals surface area contributed by atoms with Crippen LogP contribution in [0, 0.1) is 0 Å². The van der Waals surface area contributed by atoms with Crippen LogP contribution in [0.4, 0.5) is 0 Å². The standard InChI is InChI=1S/C22H24N4O5/c1-3-26-22(29)18-8-5-4-7-17(18)20(25-26)21(28)24-23-19(27)9-6-14-31-16-12-10-15(30-2)11-13-16/h4-5,7-8,10-13H,3,6,9,14H2,1-2H3,(H,23,27)(H,24,28). The molecule has 0 unspecified atom stereocenters. The van der Waals surface area contributed by atoms with Gasteiger partial charge in [0.2, 0.25) is 5.91 Å². The van der Waals surface area contributed by atoms with Gasteiger partial charge in [0.1, 0.15) is 11.5 Å². The van der Waals surface area contributed by atoms with Gasteiger partial charge < -0.3 is 9.47 Å². The summed E-state index contributed by atoms with van der Waals surface area (Å²) in [4.78, 5) is 37.0. The van der Waals surface area contributed by atoms with Gasteiger partial charge in [0.15, 0.2) is 5.69 Å². The number of ether oxygens (including phenoxy) is 2. The largest absolute Gasteiger partial charge is 0.497 e. The van der Waals surface area contributed by atoms with Gasteiger partial charge in [-0.05, 0) is 43.7 Å². The van der Waals surface area contributed by atoms with Crippen LogP contribution >= 0.6 is 0 Å². The quantitative estimate of drug-likeness (QED) is 0.423. The third-order valence-electron chi connectivity index (χ3n) is 4.57. The minimum absolute atomic E-state index is 0.0696. The van der Waals surface area contributed by atoms with Gasteiger partial charge in [0, 0.05) is 18.4 Å². The van der Waals surface area contributed by atoms with Gasteiger partial charge in [-0.2, -0.15) is 5.10 Å². The van der Waals surface area contributed by atoms with Crippen molar-refractivity contribution < 1.29 is 19.1 Å². The predicted octanol–water partition coefficient (Wildman–Crippen LogP) is 2.05. The SMILES string of the molecule is CCn1nc(C(=O)NNC(=O)CCCOc2ccc(OC)cc2)c2ccccc2c1=O. The van der Waals surface area contributed by atoms with Crippen molar-refractivity contribution in [1.29, 1.82) is 0 Å². The highest BCUT2D eigenvalue weighted by atomic mass is 16.5. The Morgan fingerprint density at radius 2 is 1.68 bits per heavy atom. The van der Waals surface area contributed by atoms with Crippen LogP contribution in [0.3, 0.4) is 0 Å². The second-order valence-corrected chi connectivity index (χ2v) is 6.64. The van der Waals surface area contributed by atoms with Crippen molar-refractivity contribution in [1.82, 2.24) is 20.6 Å². The average molecular weight is 424 g/mol. The molecule has 0 spiro atoms. The van der Waals surface area contributed by atoms with Crippen molar-refractivity contribution in [2.75, 3.05) is 13.7 Å². The fourth-order valence-electron chi connectivity index (χ4n) is 2.96. The van der Waals surface area contributed by atoms with E-state index in [9.17, 15) is 14.4 Å². The van der Waals surface area contributed by atoms with Crippen LogP contribution in [0.15, 0.2) is 53.3 Å². The van der Waals surface area contributed by atoms with Crippen molar-refractivity contribution in [2.24, 2.45) is 0 Å². The van der Waals surface area contributed by atoms with Crippen LogP contribution in [0.2, 0.25) is 0 Å². The zero-order valence-electron chi connectivity index (χ0n) is 17.4. The van der Waals surface area contributed by atoms with Crippen molar-refractivity contribution in [3.63, 3.8) is 0 Å². The fourth-order valence-corrected chi connectivity index (χ4v) is 2.96. The maximum absolute atomic E-state index is 12.6. The monoisotopic (exact) mass is 424 g/mol. The third-order valence-corrected chi connectivity index (χ3v) is 4.57. The number of aryl methyl sites for hydroxylation is 1. The van der Waals surface area contributed by atoms with Gasteiger partial charge >= 0.3 is 0 Å². The molecule has 0 aliphatic rings. The number of aromatic nitrogens is 2. The van der Waals surface area contributed by atoms with Crippen LogP contribution in [-0.4, -0.2) is 35.3 Å². The van der Waals surface area contributed by atoms with Crippen molar-refractivity contribution in [3.8, 4) is 11.5 Å². The zero-order valence-corrected chi connectivity index (χ0v) is 17.4. The molecule has 0 aliphatic heterocycles. The second kappa shape index (κ2) is 10.2. The molecule has 2 amide bonds. The van der Waals surface area contributed by atoms with E-state index in [1.54, 1.807) is 62.6 Å². The van der Waals surface area contributed by atoms with Crippen molar-refractivity contribution in [3.05, 3.63) is 64.6 Å². The van der Waals surface area contributed by atoms with Gasteiger partial charge in [-0.1, -0.05) is 18.2 Å². The summed E-state index contributed by atoms with van der Waals surface area (Å²) >= 11 is 0. The number of benzene rings is 2. The van der Waals surface area contributed by atoms with Crippen LogP contribution in [0.1, 0.15) is 30.3 Å². The lowest BCUT2D eigenvalue weighted by molar-refractivity contribution is -0.122. The molecule has 162 valence electrons. The number of amides is 2. The molecular weight excluding hydrogens is 400 g/mol. The van der Waals surface area contributed by atoms with Crippen molar-refractivity contribution >= 4 is 22.6 Å². The summed E-state index contributed by atoms with van der Waals surface area (Å²) in [5.74, 6) is 0.457.